The van der Waals surface area contributed by atoms with Gasteiger partial charge < -0.3 is 24.4 Å². The third-order valence-corrected chi connectivity index (χ3v) is 4.73. The number of carbonyl (C=O) groups is 1. The highest BCUT2D eigenvalue weighted by Crippen LogP contribution is 2.50. The third kappa shape index (κ3) is 2.19. The van der Waals surface area contributed by atoms with Crippen molar-refractivity contribution in [3.63, 3.8) is 0 Å². The molecule has 1 heterocycles. The van der Waals surface area contributed by atoms with Gasteiger partial charge >= 0.3 is 0 Å². The molecule has 2 N–H and O–H groups in total. The van der Waals surface area contributed by atoms with E-state index in [-0.39, 0.29) is 26.2 Å². The second-order valence-corrected chi connectivity index (χ2v) is 6.02. The van der Waals surface area contributed by atoms with Gasteiger partial charge in [0, 0.05) is 6.42 Å². The molecule has 3 rings (SSSR count). The molecule has 6 nitrogen and oxygen atoms in total. The van der Waals surface area contributed by atoms with E-state index in [1.165, 1.54) is 6.92 Å². The van der Waals surface area contributed by atoms with E-state index in [1.54, 1.807) is 0 Å². The molecule has 0 unspecified atom stereocenters. The number of benzene rings is 1. The van der Waals surface area contributed by atoms with Crippen LogP contribution < -0.4 is 0 Å². The Hall–Kier alpha value is -1.31. The summed E-state index contributed by atoms with van der Waals surface area (Å²) in [5, 5.41) is 20.9. The zero-order valence-corrected chi connectivity index (χ0v) is 12.4. The van der Waals surface area contributed by atoms with Gasteiger partial charge in [0.15, 0.2) is 11.4 Å². The van der Waals surface area contributed by atoms with E-state index in [9.17, 15) is 15.0 Å². The van der Waals surface area contributed by atoms with Crippen molar-refractivity contribution in [2.75, 3.05) is 13.4 Å². The lowest BCUT2D eigenvalue weighted by Gasteiger charge is -2.45. The van der Waals surface area contributed by atoms with Crippen LogP contribution in [0.2, 0.25) is 0 Å². The minimum atomic E-state index is -2.19. The van der Waals surface area contributed by atoms with Crippen LogP contribution in [0.3, 0.4) is 0 Å². The summed E-state index contributed by atoms with van der Waals surface area (Å²) in [5.74, 6) is -2.70. The highest BCUT2D eigenvalue weighted by atomic mass is 16.7. The van der Waals surface area contributed by atoms with Gasteiger partial charge in [0.2, 0.25) is 0 Å². The van der Waals surface area contributed by atoms with E-state index in [4.69, 9.17) is 14.2 Å². The summed E-state index contributed by atoms with van der Waals surface area (Å²) in [6.45, 7) is 1.65. The number of hydrogen-bond acceptors (Lipinski definition) is 6. The molecule has 1 aliphatic heterocycles. The summed E-state index contributed by atoms with van der Waals surface area (Å²) < 4.78 is 16.4. The lowest BCUT2D eigenvalue weighted by atomic mass is 9.71. The van der Waals surface area contributed by atoms with Crippen LogP contribution in [0.15, 0.2) is 30.3 Å². The first-order valence-corrected chi connectivity index (χ1v) is 7.29. The first-order chi connectivity index (χ1) is 10.4. The van der Waals surface area contributed by atoms with Crippen LogP contribution >= 0.6 is 0 Å². The zero-order chi connectivity index (χ0) is 15.8. The van der Waals surface area contributed by atoms with E-state index in [1.807, 2.05) is 30.3 Å². The quantitative estimate of drug-likeness (QED) is 0.617. The van der Waals surface area contributed by atoms with Gasteiger partial charge in [-0.05, 0) is 18.9 Å². The summed E-state index contributed by atoms with van der Waals surface area (Å²) >= 11 is 0. The molecule has 2 fully saturated rings. The predicted molar refractivity (Wildman–Crippen MR) is 75.7 cm³/mol. The topological polar surface area (TPSA) is 85.2 Å². The van der Waals surface area contributed by atoms with Crippen molar-refractivity contribution in [3.05, 3.63) is 35.9 Å². The number of ketones is 1. The molecule has 0 aromatic heterocycles. The summed E-state index contributed by atoms with van der Waals surface area (Å²) in [6.07, 6.45) is 0.390. The molecular weight excluding hydrogens is 288 g/mol. The molecule has 0 amide bonds. The Balaban J connectivity index is 1.61. The van der Waals surface area contributed by atoms with Gasteiger partial charge in [-0.2, -0.15) is 0 Å². The molecule has 2 aliphatic rings. The summed E-state index contributed by atoms with van der Waals surface area (Å²) in [4.78, 5) is 11.8. The monoisotopic (exact) mass is 308 g/mol. The van der Waals surface area contributed by atoms with Crippen molar-refractivity contribution in [3.8, 4) is 0 Å². The van der Waals surface area contributed by atoms with Crippen LogP contribution in [0, 0.1) is 0 Å². The first kappa shape index (κ1) is 15.6. The molecule has 120 valence electrons. The fourth-order valence-electron chi connectivity index (χ4n) is 3.11. The Morgan fingerprint density at radius 3 is 2.73 bits per heavy atom. The van der Waals surface area contributed by atoms with Crippen molar-refractivity contribution in [2.45, 2.75) is 43.4 Å². The molecule has 1 aromatic carbocycles. The van der Waals surface area contributed by atoms with Gasteiger partial charge in [0.05, 0.1) is 13.2 Å². The van der Waals surface area contributed by atoms with E-state index in [0.717, 1.165) is 5.56 Å². The largest absolute Gasteiger partial charge is 0.381 e. The Kier molecular flexibility index (Phi) is 3.82. The number of hydrogen-bond donors (Lipinski definition) is 2. The maximum Gasteiger partial charge on any atom is 0.259 e. The second kappa shape index (κ2) is 5.40. The highest BCUT2D eigenvalue weighted by Gasteiger charge is 2.73. The predicted octanol–water partition coefficient (Wildman–Crippen LogP) is 0.749. The van der Waals surface area contributed by atoms with Crippen molar-refractivity contribution in [2.24, 2.45) is 0 Å². The Morgan fingerprint density at radius 2 is 2.00 bits per heavy atom. The minimum absolute atomic E-state index is 0.0447. The van der Waals surface area contributed by atoms with Crippen molar-refractivity contribution in [1.29, 1.82) is 0 Å². The molecule has 1 saturated carbocycles. The molecule has 3 atom stereocenters. The van der Waals surface area contributed by atoms with Crippen LogP contribution in [0.5, 0.6) is 0 Å². The van der Waals surface area contributed by atoms with Crippen LogP contribution in [0.1, 0.15) is 25.3 Å². The summed E-state index contributed by atoms with van der Waals surface area (Å²) in [6, 6.07) is 9.63. The summed E-state index contributed by atoms with van der Waals surface area (Å²) in [7, 11) is 0. The maximum absolute atomic E-state index is 11.8. The molecule has 1 aromatic rings. The number of Topliss-reactive ketones (excluding diaryl/α,β-unsaturated/α-hetero) is 1. The normalized spacial score (nSPS) is 37.5. The molecule has 1 aliphatic carbocycles. The molecule has 1 saturated heterocycles. The summed E-state index contributed by atoms with van der Waals surface area (Å²) in [5.41, 5.74) is -1.93. The van der Waals surface area contributed by atoms with Crippen molar-refractivity contribution >= 4 is 5.78 Å². The number of fused-ring (bicyclic) bond motifs is 2. The second-order valence-electron chi connectivity index (χ2n) is 6.02. The highest BCUT2D eigenvalue weighted by molar-refractivity contribution is 5.89. The zero-order valence-electron chi connectivity index (χ0n) is 12.4. The van der Waals surface area contributed by atoms with Gasteiger partial charge in [0.25, 0.3) is 5.79 Å². The van der Waals surface area contributed by atoms with E-state index >= 15 is 0 Å². The standard InChI is InChI=1S/C16H20O6/c1-14(18)15(8-7-13(17)16(14,19)21-10-15)22-11-20-9-12-5-3-2-4-6-12/h2-6,18-19H,7-11H2,1H3/t14-,15-,16-/m0/s1. The number of ether oxygens (including phenoxy) is 3. The SMILES string of the molecule is C[C@]1(O)[C@]2(OCOCc3ccccc3)CCC(=O)[C@]1(O)OC2. The minimum Gasteiger partial charge on any atom is -0.381 e. The Labute approximate surface area is 128 Å². The van der Waals surface area contributed by atoms with E-state index < -0.39 is 22.8 Å². The number of aliphatic hydroxyl groups is 2. The van der Waals surface area contributed by atoms with Crippen molar-refractivity contribution in [1.82, 2.24) is 0 Å². The van der Waals surface area contributed by atoms with Gasteiger partial charge in [-0.3, -0.25) is 4.79 Å². The maximum atomic E-state index is 11.8. The lowest BCUT2D eigenvalue weighted by molar-refractivity contribution is -0.275. The van der Waals surface area contributed by atoms with Crippen molar-refractivity contribution < 1.29 is 29.2 Å². The molecule has 0 radical (unpaired) electrons. The van der Waals surface area contributed by atoms with Gasteiger partial charge in [-0.1, -0.05) is 30.3 Å². The Bertz CT molecular complexity index is 557. The molecule has 6 heteroatoms. The molecule has 22 heavy (non-hydrogen) atoms. The van der Waals surface area contributed by atoms with E-state index in [0.29, 0.717) is 6.61 Å². The van der Waals surface area contributed by atoms with Crippen LogP contribution in [-0.4, -0.2) is 46.4 Å². The van der Waals surface area contributed by atoms with E-state index in [2.05, 4.69) is 0 Å². The average molecular weight is 308 g/mol. The molecule has 2 bridgehead atoms. The van der Waals surface area contributed by atoms with Crippen LogP contribution in [0.4, 0.5) is 0 Å². The van der Waals surface area contributed by atoms with Gasteiger partial charge in [-0.25, -0.2) is 0 Å². The Morgan fingerprint density at radius 1 is 1.27 bits per heavy atom. The van der Waals surface area contributed by atoms with Gasteiger partial charge in [0.1, 0.15) is 12.4 Å². The first-order valence-electron chi connectivity index (χ1n) is 7.29. The smallest absolute Gasteiger partial charge is 0.259 e. The number of rotatable bonds is 5. The molecular formula is C16H20O6. The fourth-order valence-corrected chi connectivity index (χ4v) is 3.11. The number of carbonyl (C=O) groups excluding carboxylic acids is 1. The average Bonchev–Trinajstić information content (AvgIpc) is 2.62. The van der Waals surface area contributed by atoms with Gasteiger partial charge in [-0.15, -0.1) is 0 Å². The van der Waals surface area contributed by atoms with Crippen LogP contribution in [0.25, 0.3) is 0 Å². The molecule has 0 spiro atoms. The third-order valence-electron chi connectivity index (χ3n) is 4.73. The lowest BCUT2D eigenvalue weighted by Crippen LogP contribution is -2.68. The fraction of sp³-hybridized carbons (Fsp3) is 0.562. The van der Waals surface area contributed by atoms with Crippen LogP contribution in [-0.2, 0) is 25.6 Å².